The standard InChI is InChI=1S/C17H21N5OS2/c1-11(2)13-10-25-15(22-13)8-20-17(18-3)19-7-12-9-23-16(21-12)14-5-4-6-24-14/h4-6,9-11H,7-8H2,1-3H3,(H2,18,19,20). The normalized spacial score (nSPS) is 11.9. The van der Waals surface area contributed by atoms with Gasteiger partial charge in [0.15, 0.2) is 5.96 Å². The Labute approximate surface area is 155 Å². The van der Waals surface area contributed by atoms with E-state index < -0.39 is 0 Å². The minimum absolute atomic E-state index is 0.451. The minimum Gasteiger partial charge on any atom is -0.443 e. The Bertz CT molecular complexity index is 820. The summed E-state index contributed by atoms with van der Waals surface area (Å²) >= 11 is 3.27. The van der Waals surface area contributed by atoms with Crippen molar-refractivity contribution < 1.29 is 4.42 Å². The molecule has 0 fully saturated rings. The molecule has 3 heterocycles. The average molecular weight is 376 g/mol. The smallest absolute Gasteiger partial charge is 0.236 e. The first-order chi connectivity index (χ1) is 12.2. The lowest BCUT2D eigenvalue weighted by atomic mass is 10.2. The number of thiazole rings is 1. The summed E-state index contributed by atoms with van der Waals surface area (Å²) in [5, 5.41) is 11.7. The monoisotopic (exact) mass is 375 g/mol. The van der Waals surface area contributed by atoms with Crippen molar-refractivity contribution in [2.24, 2.45) is 4.99 Å². The van der Waals surface area contributed by atoms with Crippen molar-refractivity contribution >= 4 is 28.6 Å². The summed E-state index contributed by atoms with van der Waals surface area (Å²) in [5.41, 5.74) is 1.97. The molecule has 6 nitrogen and oxygen atoms in total. The minimum atomic E-state index is 0.451. The summed E-state index contributed by atoms with van der Waals surface area (Å²) in [4.78, 5) is 14.4. The van der Waals surface area contributed by atoms with Crippen molar-refractivity contribution in [2.45, 2.75) is 32.9 Å². The third-order valence-electron chi connectivity index (χ3n) is 3.51. The predicted molar refractivity (Wildman–Crippen MR) is 103 cm³/mol. The molecule has 0 aliphatic rings. The fraction of sp³-hybridized carbons (Fsp3) is 0.353. The maximum Gasteiger partial charge on any atom is 0.236 e. The number of rotatable bonds is 6. The Morgan fingerprint density at radius 3 is 2.76 bits per heavy atom. The van der Waals surface area contributed by atoms with Crippen LogP contribution in [0.15, 0.2) is 38.6 Å². The lowest BCUT2D eigenvalue weighted by Crippen LogP contribution is -2.36. The van der Waals surface area contributed by atoms with Crippen LogP contribution in [0.2, 0.25) is 0 Å². The maximum atomic E-state index is 5.52. The van der Waals surface area contributed by atoms with Gasteiger partial charge in [0.2, 0.25) is 5.89 Å². The van der Waals surface area contributed by atoms with Crippen LogP contribution in [0.4, 0.5) is 0 Å². The second kappa shape index (κ2) is 8.26. The first kappa shape index (κ1) is 17.6. The van der Waals surface area contributed by atoms with Gasteiger partial charge in [-0.2, -0.15) is 0 Å². The number of nitrogens with zero attached hydrogens (tertiary/aromatic N) is 3. The molecule has 0 radical (unpaired) electrons. The van der Waals surface area contributed by atoms with Crippen molar-refractivity contribution in [3.8, 4) is 10.8 Å². The SMILES string of the molecule is CN=C(NCc1coc(-c2cccs2)n1)NCc1nc(C(C)C)cs1. The van der Waals surface area contributed by atoms with Gasteiger partial charge in [-0.3, -0.25) is 4.99 Å². The molecule has 0 saturated heterocycles. The number of hydrogen-bond donors (Lipinski definition) is 2. The van der Waals surface area contributed by atoms with Gasteiger partial charge in [0.1, 0.15) is 11.3 Å². The van der Waals surface area contributed by atoms with E-state index in [4.69, 9.17) is 4.42 Å². The van der Waals surface area contributed by atoms with Gasteiger partial charge < -0.3 is 15.1 Å². The van der Waals surface area contributed by atoms with E-state index in [0.29, 0.717) is 30.9 Å². The van der Waals surface area contributed by atoms with E-state index in [1.54, 1.807) is 36.0 Å². The quantitative estimate of drug-likeness (QED) is 0.506. The average Bonchev–Trinajstić information content (AvgIpc) is 3.35. The largest absolute Gasteiger partial charge is 0.443 e. The van der Waals surface area contributed by atoms with Crippen molar-refractivity contribution in [3.05, 3.63) is 45.6 Å². The van der Waals surface area contributed by atoms with Crippen LogP contribution in [0.1, 0.15) is 36.2 Å². The van der Waals surface area contributed by atoms with Gasteiger partial charge in [-0.1, -0.05) is 19.9 Å². The predicted octanol–water partition coefficient (Wildman–Crippen LogP) is 3.85. The molecule has 3 aromatic rings. The van der Waals surface area contributed by atoms with Crippen LogP contribution in [-0.2, 0) is 13.1 Å². The first-order valence-corrected chi connectivity index (χ1v) is 9.78. The number of aliphatic imine (C=N–C) groups is 1. The van der Waals surface area contributed by atoms with Crippen molar-refractivity contribution in [1.82, 2.24) is 20.6 Å². The van der Waals surface area contributed by atoms with Gasteiger partial charge in [0.05, 0.1) is 29.4 Å². The Balaban J connectivity index is 1.51. The molecular formula is C17H21N5OS2. The van der Waals surface area contributed by atoms with Crippen LogP contribution in [-0.4, -0.2) is 23.0 Å². The summed E-state index contributed by atoms with van der Waals surface area (Å²) < 4.78 is 5.52. The van der Waals surface area contributed by atoms with Crippen molar-refractivity contribution in [1.29, 1.82) is 0 Å². The van der Waals surface area contributed by atoms with Crippen LogP contribution in [0, 0.1) is 0 Å². The van der Waals surface area contributed by atoms with E-state index in [1.807, 2.05) is 17.5 Å². The fourth-order valence-corrected chi connectivity index (χ4v) is 3.68. The van der Waals surface area contributed by atoms with Crippen molar-refractivity contribution in [3.63, 3.8) is 0 Å². The number of guanidine groups is 1. The molecule has 0 aromatic carbocycles. The number of aromatic nitrogens is 2. The molecule has 0 aliphatic heterocycles. The van der Waals surface area contributed by atoms with E-state index in [1.165, 1.54) is 0 Å². The molecule has 0 unspecified atom stereocenters. The lowest BCUT2D eigenvalue weighted by molar-refractivity contribution is 0.573. The van der Waals surface area contributed by atoms with E-state index in [2.05, 4.69) is 44.8 Å². The summed E-state index contributed by atoms with van der Waals surface area (Å²) in [6.45, 7) is 5.49. The molecule has 0 atom stereocenters. The Morgan fingerprint density at radius 2 is 2.08 bits per heavy atom. The highest BCUT2D eigenvalue weighted by atomic mass is 32.1. The zero-order chi connectivity index (χ0) is 17.6. The molecule has 0 spiro atoms. The molecule has 2 N–H and O–H groups in total. The molecular weight excluding hydrogens is 354 g/mol. The molecule has 0 amide bonds. The molecule has 3 aromatic heterocycles. The highest BCUT2D eigenvalue weighted by Gasteiger charge is 2.09. The van der Waals surface area contributed by atoms with Gasteiger partial charge >= 0.3 is 0 Å². The van der Waals surface area contributed by atoms with Gasteiger partial charge in [-0.15, -0.1) is 22.7 Å². The van der Waals surface area contributed by atoms with Crippen LogP contribution in [0.25, 0.3) is 10.8 Å². The highest BCUT2D eigenvalue weighted by molar-refractivity contribution is 7.13. The van der Waals surface area contributed by atoms with Gasteiger partial charge in [-0.05, 0) is 17.4 Å². The molecule has 25 heavy (non-hydrogen) atoms. The first-order valence-electron chi connectivity index (χ1n) is 8.03. The van der Waals surface area contributed by atoms with E-state index in [-0.39, 0.29) is 0 Å². The summed E-state index contributed by atoms with van der Waals surface area (Å²) in [6, 6.07) is 3.98. The fourth-order valence-electron chi connectivity index (χ4n) is 2.13. The van der Waals surface area contributed by atoms with Gasteiger partial charge in [0, 0.05) is 12.4 Å². The van der Waals surface area contributed by atoms with Gasteiger partial charge in [-0.25, -0.2) is 9.97 Å². The third kappa shape index (κ3) is 4.67. The number of hydrogen-bond acceptors (Lipinski definition) is 6. The van der Waals surface area contributed by atoms with Crippen molar-refractivity contribution in [2.75, 3.05) is 7.05 Å². The molecule has 8 heteroatoms. The topological polar surface area (TPSA) is 75.3 Å². The zero-order valence-electron chi connectivity index (χ0n) is 14.4. The summed E-state index contributed by atoms with van der Waals surface area (Å²) in [7, 11) is 1.75. The van der Waals surface area contributed by atoms with E-state index in [0.717, 1.165) is 21.3 Å². The number of nitrogens with one attached hydrogen (secondary N) is 2. The van der Waals surface area contributed by atoms with Gasteiger partial charge in [0.25, 0.3) is 0 Å². The van der Waals surface area contributed by atoms with Crippen LogP contribution >= 0.6 is 22.7 Å². The summed E-state index contributed by atoms with van der Waals surface area (Å²) in [6.07, 6.45) is 1.67. The molecule has 132 valence electrons. The zero-order valence-corrected chi connectivity index (χ0v) is 16.1. The number of thiophene rings is 1. The summed E-state index contributed by atoms with van der Waals surface area (Å²) in [5.74, 6) is 1.81. The third-order valence-corrected chi connectivity index (χ3v) is 5.24. The maximum absolute atomic E-state index is 5.52. The Morgan fingerprint density at radius 1 is 1.24 bits per heavy atom. The second-order valence-electron chi connectivity index (χ2n) is 5.72. The van der Waals surface area contributed by atoms with Crippen LogP contribution in [0.5, 0.6) is 0 Å². The molecule has 3 rings (SSSR count). The Kier molecular flexibility index (Phi) is 5.83. The highest BCUT2D eigenvalue weighted by Crippen LogP contribution is 2.23. The van der Waals surface area contributed by atoms with Crippen LogP contribution in [0.3, 0.4) is 0 Å². The number of oxazole rings is 1. The Hall–Kier alpha value is -2.19. The molecule has 0 saturated carbocycles. The van der Waals surface area contributed by atoms with Crippen LogP contribution < -0.4 is 10.6 Å². The van der Waals surface area contributed by atoms with E-state index >= 15 is 0 Å². The van der Waals surface area contributed by atoms with E-state index in [9.17, 15) is 0 Å². The second-order valence-corrected chi connectivity index (χ2v) is 7.61. The lowest BCUT2D eigenvalue weighted by Gasteiger charge is -2.09. The molecule has 0 bridgehead atoms. The molecule has 0 aliphatic carbocycles.